The number of alkyl halides is 3. The molecule has 5 nitrogen and oxygen atoms in total. The van der Waals surface area contributed by atoms with E-state index in [0.717, 1.165) is 17.9 Å². The Morgan fingerprint density at radius 1 is 1.11 bits per heavy atom. The summed E-state index contributed by atoms with van der Waals surface area (Å²) in [5.41, 5.74) is -0.690. The van der Waals surface area contributed by atoms with E-state index in [-0.39, 0.29) is 24.2 Å². The van der Waals surface area contributed by atoms with E-state index < -0.39 is 23.6 Å². The van der Waals surface area contributed by atoms with Crippen molar-refractivity contribution in [2.45, 2.75) is 19.5 Å². The summed E-state index contributed by atoms with van der Waals surface area (Å²) in [6, 6.07) is 13.0. The highest BCUT2D eigenvalue weighted by Crippen LogP contribution is 2.36. The first-order chi connectivity index (χ1) is 12.7. The Labute approximate surface area is 154 Å². The lowest BCUT2D eigenvalue weighted by Crippen LogP contribution is -2.33. The maximum Gasteiger partial charge on any atom is 0.418 e. The molecule has 140 valence electrons. The minimum absolute atomic E-state index is 0.231. The number of nitrogens with one attached hydrogen (secondary N) is 1. The minimum Gasteiger partial charge on any atom is -0.325 e. The Kier molecular flexibility index (Phi) is 6.19. The maximum atomic E-state index is 13.2. The first-order valence-electron chi connectivity index (χ1n) is 7.97. The largest absolute Gasteiger partial charge is 0.418 e. The number of amides is 2. The van der Waals surface area contributed by atoms with Crippen molar-refractivity contribution in [1.82, 2.24) is 0 Å². The lowest BCUT2D eigenvalue weighted by molar-refractivity contribution is -0.137. The zero-order chi connectivity index (χ0) is 20.0. The highest BCUT2D eigenvalue weighted by atomic mass is 19.4. The molecule has 27 heavy (non-hydrogen) atoms. The Morgan fingerprint density at radius 2 is 1.74 bits per heavy atom. The third kappa shape index (κ3) is 5.07. The van der Waals surface area contributed by atoms with Crippen molar-refractivity contribution in [3.63, 3.8) is 0 Å². The van der Waals surface area contributed by atoms with Crippen LogP contribution in [-0.2, 0) is 15.8 Å². The fraction of sp³-hybridized carbons (Fsp3) is 0.211. The predicted molar refractivity (Wildman–Crippen MR) is 93.9 cm³/mol. The first kappa shape index (κ1) is 20.0. The molecule has 8 heteroatoms. The molecule has 0 bridgehead atoms. The van der Waals surface area contributed by atoms with Crippen LogP contribution in [0.1, 0.15) is 24.5 Å². The lowest BCUT2D eigenvalue weighted by Gasteiger charge is -2.24. The quantitative estimate of drug-likeness (QED) is 0.860. The summed E-state index contributed by atoms with van der Waals surface area (Å²) in [6.45, 7) is 0.902. The zero-order valence-electron chi connectivity index (χ0n) is 14.4. The van der Waals surface area contributed by atoms with Gasteiger partial charge < -0.3 is 10.2 Å². The van der Waals surface area contributed by atoms with E-state index >= 15 is 0 Å². The number of nitrogens with zero attached hydrogens (tertiary/aromatic N) is 2. The number of rotatable bonds is 5. The topological polar surface area (TPSA) is 73.2 Å². The van der Waals surface area contributed by atoms with Crippen LogP contribution in [0.5, 0.6) is 0 Å². The number of halogens is 3. The van der Waals surface area contributed by atoms with Crippen LogP contribution in [0, 0.1) is 11.3 Å². The van der Waals surface area contributed by atoms with Gasteiger partial charge in [0.25, 0.3) is 0 Å². The summed E-state index contributed by atoms with van der Waals surface area (Å²) >= 11 is 0. The Hall–Kier alpha value is -3.34. The summed E-state index contributed by atoms with van der Waals surface area (Å²) in [7, 11) is 0. The van der Waals surface area contributed by atoms with Crippen molar-refractivity contribution in [2.24, 2.45) is 0 Å². The second-order valence-electron chi connectivity index (χ2n) is 5.64. The van der Waals surface area contributed by atoms with Gasteiger partial charge in [0.15, 0.2) is 0 Å². The molecule has 0 aliphatic rings. The van der Waals surface area contributed by atoms with E-state index in [1.807, 2.05) is 6.07 Å². The monoisotopic (exact) mass is 375 g/mol. The van der Waals surface area contributed by atoms with Crippen LogP contribution in [0.4, 0.5) is 24.5 Å². The number of para-hydroxylation sites is 2. The Balaban J connectivity index is 2.16. The van der Waals surface area contributed by atoms with Gasteiger partial charge in [-0.15, -0.1) is 0 Å². The molecule has 0 unspecified atom stereocenters. The van der Waals surface area contributed by atoms with Gasteiger partial charge in [0.2, 0.25) is 11.8 Å². The predicted octanol–water partition coefficient (Wildman–Crippen LogP) is 3.96. The number of anilines is 2. The molecular weight excluding hydrogens is 359 g/mol. The zero-order valence-corrected chi connectivity index (χ0v) is 14.4. The molecule has 2 aromatic rings. The molecule has 0 aliphatic heterocycles. The lowest BCUT2D eigenvalue weighted by atomic mass is 10.1. The maximum absolute atomic E-state index is 13.2. The van der Waals surface area contributed by atoms with Gasteiger partial charge in [-0.05, 0) is 24.3 Å². The third-order valence-electron chi connectivity index (χ3n) is 3.76. The van der Waals surface area contributed by atoms with Gasteiger partial charge in [0.05, 0.1) is 22.5 Å². The fourth-order valence-corrected chi connectivity index (χ4v) is 2.51. The van der Waals surface area contributed by atoms with Crippen LogP contribution in [0.3, 0.4) is 0 Å². The van der Waals surface area contributed by atoms with Crippen molar-refractivity contribution < 1.29 is 22.8 Å². The number of nitriles is 1. The Bertz CT molecular complexity index is 888. The highest BCUT2D eigenvalue weighted by Gasteiger charge is 2.35. The smallest absolute Gasteiger partial charge is 0.325 e. The van der Waals surface area contributed by atoms with Gasteiger partial charge in [-0.1, -0.05) is 24.3 Å². The van der Waals surface area contributed by atoms with Gasteiger partial charge in [-0.2, -0.15) is 18.4 Å². The standard InChI is InChI=1S/C19H16F3N3O2/c1-13(26)25(17-9-5-3-7-15(17)19(20,21)22)11-10-18(27)24-16-8-4-2-6-14(16)12-23/h2-9H,10-11H2,1H3,(H,24,27). The van der Waals surface area contributed by atoms with Gasteiger partial charge in [-0.25, -0.2) is 0 Å². The van der Waals surface area contributed by atoms with Crippen molar-refractivity contribution in [2.75, 3.05) is 16.8 Å². The van der Waals surface area contributed by atoms with Gasteiger partial charge in [0, 0.05) is 19.9 Å². The minimum atomic E-state index is -4.63. The summed E-state index contributed by atoms with van der Waals surface area (Å²) < 4.78 is 39.6. The summed E-state index contributed by atoms with van der Waals surface area (Å²) in [6.07, 6.45) is -4.86. The molecule has 0 radical (unpaired) electrons. The first-order valence-corrected chi connectivity index (χ1v) is 7.97. The normalized spacial score (nSPS) is 10.8. The molecule has 0 fully saturated rings. The summed E-state index contributed by atoms with van der Waals surface area (Å²) in [5, 5.41) is 11.5. The van der Waals surface area contributed by atoms with E-state index in [1.165, 1.54) is 30.3 Å². The number of hydrogen-bond donors (Lipinski definition) is 1. The molecule has 0 aliphatic carbocycles. The second-order valence-corrected chi connectivity index (χ2v) is 5.64. The number of hydrogen-bond acceptors (Lipinski definition) is 3. The Morgan fingerprint density at radius 3 is 2.37 bits per heavy atom. The summed E-state index contributed by atoms with van der Waals surface area (Å²) in [5.74, 6) is -1.13. The summed E-state index contributed by atoms with van der Waals surface area (Å²) in [4.78, 5) is 24.9. The molecule has 0 saturated heterocycles. The van der Waals surface area contributed by atoms with E-state index in [1.54, 1.807) is 12.1 Å². The molecule has 2 rings (SSSR count). The van der Waals surface area contributed by atoms with Crippen molar-refractivity contribution >= 4 is 23.2 Å². The van der Waals surface area contributed by atoms with Crippen molar-refractivity contribution in [1.29, 1.82) is 5.26 Å². The molecule has 0 saturated carbocycles. The molecule has 1 N–H and O–H groups in total. The SMILES string of the molecule is CC(=O)N(CCC(=O)Nc1ccccc1C#N)c1ccccc1C(F)(F)F. The molecular formula is C19H16F3N3O2. The van der Waals surface area contributed by atoms with E-state index in [9.17, 15) is 22.8 Å². The van der Waals surface area contributed by atoms with Crippen LogP contribution < -0.4 is 10.2 Å². The van der Waals surface area contributed by atoms with Gasteiger partial charge in [-0.3, -0.25) is 9.59 Å². The molecule has 0 heterocycles. The van der Waals surface area contributed by atoms with E-state index in [2.05, 4.69) is 5.32 Å². The molecule has 2 amide bonds. The van der Waals surface area contributed by atoms with Crippen LogP contribution in [0.25, 0.3) is 0 Å². The molecule has 0 atom stereocenters. The van der Waals surface area contributed by atoms with Crippen molar-refractivity contribution in [3.8, 4) is 6.07 Å². The number of benzene rings is 2. The van der Waals surface area contributed by atoms with Gasteiger partial charge >= 0.3 is 6.18 Å². The van der Waals surface area contributed by atoms with Crippen LogP contribution in [0.2, 0.25) is 0 Å². The molecule has 0 spiro atoms. The van der Waals surface area contributed by atoms with Crippen molar-refractivity contribution in [3.05, 3.63) is 59.7 Å². The fourth-order valence-electron chi connectivity index (χ4n) is 2.51. The number of carbonyl (C=O) groups is 2. The molecule has 2 aromatic carbocycles. The third-order valence-corrected chi connectivity index (χ3v) is 3.76. The average Bonchev–Trinajstić information content (AvgIpc) is 2.61. The highest BCUT2D eigenvalue weighted by molar-refractivity contribution is 5.95. The number of carbonyl (C=O) groups excluding carboxylic acids is 2. The second kappa shape index (κ2) is 8.36. The average molecular weight is 375 g/mol. The van der Waals surface area contributed by atoms with E-state index in [4.69, 9.17) is 5.26 Å². The molecule has 0 aromatic heterocycles. The van der Waals surface area contributed by atoms with Crippen LogP contribution >= 0.6 is 0 Å². The van der Waals surface area contributed by atoms with Crippen LogP contribution in [0.15, 0.2) is 48.5 Å². The van der Waals surface area contributed by atoms with Crippen LogP contribution in [-0.4, -0.2) is 18.4 Å². The van der Waals surface area contributed by atoms with Gasteiger partial charge in [0.1, 0.15) is 6.07 Å². The van der Waals surface area contributed by atoms with E-state index in [0.29, 0.717) is 5.69 Å².